The number of hydrogen-bond donors (Lipinski definition) is 1. The second-order valence-corrected chi connectivity index (χ2v) is 8.27. The highest BCUT2D eigenvalue weighted by Crippen LogP contribution is 2.36. The predicted octanol–water partition coefficient (Wildman–Crippen LogP) is 4.03. The number of halogens is 2. The van der Waals surface area contributed by atoms with Gasteiger partial charge in [-0.05, 0) is 55.3 Å². The van der Waals surface area contributed by atoms with Gasteiger partial charge in [0.1, 0.15) is 5.57 Å². The number of nitrogens with zero attached hydrogens (tertiary/aromatic N) is 1. The molecule has 3 rings (SSSR count). The lowest BCUT2D eigenvalue weighted by Crippen LogP contribution is -2.54. The summed E-state index contributed by atoms with van der Waals surface area (Å²) in [5.74, 6) is -1.70. The number of imide groups is 2. The Labute approximate surface area is 208 Å². The van der Waals surface area contributed by atoms with Gasteiger partial charge in [0.2, 0.25) is 0 Å². The van der Waals surface area contributed by atoms with Crippen molar-refractivity contribution in [2.45, 2.75) is 13.8 Å². The van der Waals surface area contributed by atoms with Crippen molar-refractivity contribution >= 4 is 63.1 Å². The third kappa shape index (κ3) is 5.40. The van der Waals surface area contributed by atoms with Crippen molar-refractivity contribution in [3.8, 4) is 11.5 Å². The van der Waals surface area contributed by atoms with Gasteiger partial charge in [0.15, 0.2) is 18.1 Å². The number of ether oxygens (including phenoxy) is 3. The molecule has 0 spiro atoms. The molecule has 1 fully saturated rings. The predicted molar refractivity (Wildman–Crippen MR) is 128 cm³/mol. The molecule has 1 aliphatic heterocycles. The van der Waals surface area contributed by atoms with E-state index in [1.165, 1.54) is 31.4 Å². The highest BCUT2D eigenvalue weighted by molar-refractivity contribution is 9.10. The highest BCUT2D eigenvalue weighted by atomic mass is 79.9. The Morgan fingerprint density at radius 2 is 1.85 bits per heavy atom. The van der Waals surface area contributed by atoms with Crippen LogP contribution in [0.2, 0.25) is 5.02 Å². The Kier molecular flexibility index (Phi) is 7.95. The standard InChI is InChI=1S/C23H20BrClN2O7/c1-4-33-18-8-13(16(24)10-19(18)34-11-20(28)32-3)7-15-21(29)26-23(31)27(22(15)30)14-6-5-12(2)17(25)9-14/h5-10H,4,11H2,1-3H3,(H,26,29,31)/b15-7-. The highest BCUT2D eigenvalue weighted by Gasteiger charge is 2.37. The number of rotatable bonds is 7. The Bertz CT molecular complexity index is 1210. The van der Waals surface area contributed by atoms with Crippen LogP contribution in [0.25, 0.3) is 6.08 Å². The van der Waals surface area contributed by atoms with Gasteiger partial charge in [-0.25, -0.2) is 14.5 Å². The van der Waals surface area contributed by atoms with Crippen LogP contribution in [-0.4, -0.2) is 44.1 Å². The molecule has 0 saturated carbocycles. The minimum atomic E-state index is -0.882. The third-order valence-electron chi connectivity index (χ3n) is 4.75. The van der Waals surface area contributed by atoms with Crippen LogP contribution in [0.4, 0.5) is 10.5 Å². The van der Waals surface area contributed by atoms with Gasteiger partial charge in [0, 0.05) is 9.50 Å². The maximum atomic E-state index is 13.2. The molecular formula is C23H20BrClN2O7. The summed E-state index contributed by atoms with van der Waals surface area (Å²) in [6, 6.07) is 6.88. The number of methoxy groups -OCH3 is 1. The summed E-state index contributed by atoms with van der Waals surface area (Å²) >= 11 is 9.52. The van der Waals surface area contributed by atoms with Crippen molar-refractivity contribution in [3.63, 3.8) is 0 Å². The van der Waals surface area contributed by atoms with Crippen LogP contribution in [0.15, 0.2) is 40.4 Å². The van der Waals surface area contributed by atoms with Crippen molar-refractivity contribution < 1.29 is 33.4 Å². The Hall–Kier alpha value is -3.37. The number of aryl methyl sites for hydroxylation is 1. The van der Waals surface area contributed by atoms with E-state index in [2.05, 4.69) is 26.0 Å². The fraction of sp³-hybridized carbons (Fsp3) is 0.217. The quantitative estimate of drug-likeness (QED) is 0.314. The molecule has 4 amide bonds. The average molecular weight is 552 g/mol. The molecule has 2 aromatic rings. The lowest BCUT2D eigenvalue weighted by Gasteiger charge is -2.26. The monoisotopic (exact) mass is 550 g/mol. The second kappa shape index (κ2) is 10.7. The zero-order valence-electron chi connectivity index (χ0n) is 18.4. The molecule has 178 valence electrons. The number of esters is 1. The van der Waals surface area contributed by atoms with E-state index in [9.17, 15) is 19.2 Å². The number of carbonyl (C=O) groups excluding carboxylic acids is 4. The van der Waals surface area contributed by atoms with Crippen molar-refractivity contribution in [3.05, 3.63) is 56.5 Å². The van der Waals surface area contributed by atoms with Crippen LogP contribution in [0.3, 0.4) is 0 Å². The van der Waals surface area contributed by atoms with Gasteiger partial charge in [0.25, 0.3) is 11.8 Å². The lowest BCUT2D eigenvalue weighted by molar-refractivity contribution is -0.143. The Morgan fingerprint density at radius 1 is 1.15 bits per heavy atom. The molecule has 34 heavy (non-hydrogen) atoms. The molecule has 0 unspecified atom stereocenters. The van der Waals surface area contributed by atoms with Crippen LogP contribution in [0, 0.1) is 6.92 Å². The zero-order chi connectivity index (χ0) is 25.0. The van der Waals surface area contributed by atoms with E-state index in [0.29, 0.717) is 21.7 Å². The molecule has 1 heterocycles. The molecule has 1 aliphatic rings. The first-order valence-electron chi connectivity index (χ1n) is 9.99. The van der Waals surface area contributed by atoms with Crippen molar-refractivity contribution in [1.82, 2.24) is 5.32 Å². The first-order chi connectivity index (χ1) is 16.2. The zero-order valence-corrected chi connectivity index (χ0v) is 20.8. The average Bonchev–Trinajstić information content (AvgIpc) is 2.79. The largest absolute Gasteiger partial charge is 0.490 e. The van der Waals surface area contributed by atoms with Gasteiger partial charge in [-0.1, -0.05) is 33.6 Å². The maximum absolute atomic E-state index is 13.2. The summed E-state index contributed by atoms with van der Waals surface area (Å²) in [6.07, 6.45) is 1.32. The third-order valence-corrected chi connectivity index (χ3v) is 5.85. The molecule has 0 bridgehead atoms. The molecular weight excluding hydrogens is 532 g/mol. The van der Waals surface area contributed by atoms with E-state index < -0.39 is 23.8 Å². The van der Waals surface area contributed by atoms with E-state index in [-0.39, 0.29) is 29.4 Å². The number of amides is 4. The first kappa shape index (κ1) is 25.3. The summed E-state index contributed by atoms with van der Waals surface area (Å²) in [7, 11) is 1.24. The van der Waals surface area contributed by atoms with E-state index in [1.54, 1.807) is 26.0 Å². The van der Waals surface area contributed by atoms with E-state index in [4.69, 9.17) is 21.1 Å². The number of hydrogen-bond acceptors (Lipinski definition) is 7. The van der Waals surface area contributed by atoms with Crippen molar-refractivity contribution in [1.29, 1.82) is 0 Å². The Balaban J connectivity index is 2.00. The summed E-state index contributed by atoms with van der Waals surface area (Å²) in [5.41, 5.74) is 1.12. The normalized spacial score (nSPS) is 14.8. The van der Waals surface area contributed by atoms with Gasteiger partial charge in [-0.2, -0.15) is 0 Å². The molecule has 9 nitrogen and oxygen atoms in total. The van der Waals surface area contributed by atoms with Crippen LogP contribution in [0.1, 0.15) is 18.1 Å². The smallest absolute Gasteiger partial charge is 0.343 e. The van der Waals surface area contributed by atoms with E-state index in [0.717, 1.165) is 10.5 Å². The van der Waals surface area contributed by atoms with Crippen molar-refractivity contribution in [2.24, 2.45) is 0 Å². The summed E-state index contributed by atoms with van der Waals surface area (Å²) < 4.78 is 16.1. The number of anilines is 1. The van der Waals surface area contributed by atoms with E-state index >= 15 is 0 Å². The number of barbiturate groups is 1. The molecule has 1 saturated heterocycles. The fourth-order valence-electron chi connectivity index (χ4n) is 3.01. The SMILES string of the molecule is CCOc1cc(/C=C2/C(=O)NC(=O)N(c3ccc(C)c(Cl)c3)C2=O)c(Br)cc1OCC(=O)OC. The number of benzene rings is 2. The molecule has 0 aromatic heterocycles. The van der Waals surface area contributed by atoms with Gasteiger partial charge in [-0.3, -0.25) is 14.9 Å². The van der Waals surface area contributed by atoms with Crippen molar-refractivity contribution in [2.75, 3.05) is 25.2 Å². The first-order valence-corrected chi connectivity index (χ1v) is 11.2. The minimum Gasteiger partial charge on any atom is -0.490 e. The second-order valence-electron chi connectivity index (χ2n) is 7.01. The topological polar surface area (TPSA) is 111 Å². The van der Waals surface area contributed by atoms with Gasteiger partial charge < -0.3 is 14.2 Å². The molecule has 1 N–H and O–H groups in total. The van der Waals surface area contributed by atoms with E-state index in [1.807, 2.05) is 0 Å². The number of urea groups is 1. The van der Waals surface area contributed by atoms with Gasteiger partial charge in [0.05, 0.1) is 19.4 Å². The van der Waals surface area contributed by atoms with Crippen LogP contribution in [0.5, 0.6) is 11.5 Å². The molecule has 0 aliphatic carbocycles. The molecule has 0 radical (unpaired) electrons. The molecule has 2 aromatic carbocycles. The van der Waals surface area contributed by atoms with Crippen LogP contribution in [-0.2, 0) is 19.1 Å². The summed E-state index contributed by atoms with van der Waals surface area (Å²) in [5, 5.41) is 2.53. The van der Waals surface area contributed by atoms with Crippen LogP contribution < -0.4 is 19.7 Å². The maximum Gasteiger partial charge on any atom is 0.343 e. The Morgan fingerprint density at radius 3 is 2.50 bits per heavy atom. The fourth-order valence-corrected chi connectivity index (χ4v) is 3.62. The summed E-state index contributed by atoms with van der Waals surface area (Å²) in [6.45, 7) is 3.51. The minimum absolute atomic E-state index is 0.220. The number of carbonyl (C=O) groups is 4. The van der Waals surface area contributed by atoms with Crippen LogP contribution >= 0.6 is 27.5 Å². The number of nitrogens with one attached hydrogen (secondary N) is 1. The summed E-state index contributed by atoms with van der Waals surface area (Å²) in [4.78, 5) is 50.4. The van der Waals surface area contributed by atoms with Gasteiger partial charge in [-0.15, -0.1) is 0 Å². The van der Waals surface area contributed by atoms with Gasteiger partial charge >= 0.3 is 12.0 Å². The molecule has 11 heteroatoms. The lowest BCUT2D eigenvalue weighted by atomic mass is 10.1. The molecule has 0 atom stereocenters.